The maximum Gasteiger partial charge on any atom is 0.130 e. The van der Waals surface area contributed by atoms with E-state index in [9.17, 15) is 0 Å². The summed E-state index contributed by atoms with van der Waals surface area (Å²) in [5, 5.41) is 0. The Bertz CT molecular complexity index is 646. The van der Waals surface area contributed by atoms with Gasteiger partial charge < -0.3 is 10.3 Å². The van der Waals surface area contributed by atoms with Crippen molar-refractivity contribution in [2.75, 3.05) is 0 Å². The average Bonchev–Trinajstić information content (AvgIpc) is 3.20. The highest BCUT2D eigenvalue weighted by Gasteiger charge is 2.38. The molecule has 2 fully saturated rings. The number of nitrogens with zero attached hydrogens (tertiary/aromatic N) is 2. The second-order valence-corrected chi connectivity index (χ2v) is 6.75. The molecule has 3 heteroatoms. The first-order valence-electron chi connectivity index (χ1n) is 7.95. The van der Waals surface area contributed by atoms with Crippen LogP contribution in [0.25, 0.3) is 11.0 Å². The minimum absolute atomic E-state index is 0.201. The summed E-state index contributed by atoms with van der Waals surface area (Å²) < 4.78 is 2.46. The number of aryl methyl sites for hydroxylation is 1. The van der Waals surface area contributed by atoms with Crippen molar-refractivity contribution in [2.45, 2.75) is 63.5 Å². The zero-order valence-corrected chi connectivity index (χ0v) is 12.2. The lowest BCUT2D eigenvalue weighted by atomic mass is 9.82. The van der Waals surface area contributed by atoms with Crippen molar-refractivity contribution in [3.63, 3.8) is 0 Å². The minimum atomic E-state index is -0.201. The van der Waals surface area contributed by atoms with Crippen LogP contribution < -0.4 is 5.73 Å². The molecule has 0 unspecified atom stereocenters. The molecular formula is C17H23N3. The standard InChI is InChI=1S/C17H23N3/c1-12-5-8-15-14(11-12)19-16(20(15)13-6-7-13)17(18)9-3-2-4-10-17/h5,8,11,13H,2-4,6-7,9-10,18H2,1H3. The monoisotopic (exact) mass is 269 g/mol. The highest BCUT2D eigenvalue weighted by molar-refractivity contribution is 5.77. The maximum absolute atomic E-state index is 6.77. The first-order chi connectivity index (χ1) is 9.67. The van der Waals surface area contributed by atoms with Gasteiger partial charge in [-0.05, 0) is 50.3 Å². The van der Waals surface area contributed by atoms with Gasteiger partial charge in [0.25, 0.3) is 0 Å². The van der Waals surface area contributed by atoms with E-state index in [1.54, 1.807) is 0 Å². The molecule has 1 aromatic carbocycles. The summed E-state index contributed by atoms with van der Waals surface area (Å²) in [4.78, 5) is 4.97. The molecule has 1 aromatic heterocycles. The molecular weight excluding hydrogens is 246 g/mol. The Labute approximate surface area is 120 Å². The number of fused-ring (bicyclic) bond motifs is 1. The van der Waals surface area contributed by atoms with Crippen molar-refractivity contribution in [3.8, 4) is 0 Å². The van der Waals surface area contributed by atoms with Crippen LogP contribution in [0.3, 0.4) is 0 Å². The van der Waals surface area contributed by atoms with Gasteiger partial charge in [0.2, 0.25) is 0 Å². The number of hydrogen-bond acceptors (Lipinski definition) is 2. The van der Waals surface area contributed by atoms with Gasteiger partial charge >= 0.3 is 0 Å². The molecule has 3 nitrogen and oxygen atoms in total. The van der Waals surface area contributed by atoms with Crippen molar-refractivity contribution in [1.82, 2.24) is 9.55 Å². The predicted octanol–water partition coefficient (Wildman–Crippen LogP) is 3.80. The summed E-state index contributed by atoms with van der Waals surface area (Å²) in [6.45, 7) is 2.13. The molecule has 0 amide bonds. The van der Waals surface area contributed by atoms with E-state index < -0.39 is 0 Å². The normalized spacial score (nSPS) is 22.3. The first kappa shape index (κ1) is 12.4. The van der Waals surface area contributed by atoms with E-state index in [1.165, 1.54) is 43.2 Å². The lowest BCUT2D eigenvalue weighted by Crippen LogP contribution is -2.41. The molecule has 2 N–H and O–H groups in total. The molecule has 2 saturated carbocycles. The van der Waals surface area contributed by atoms with Crippen molar-refractivity contribution in [3.05, 3.63) is 29.6 Å². The van der Waals surface area contributed by atoms with Gasteiger partial charge in [-0.2, -0.15) is 0 Å². The second-order valence-electron chi connectivity index (χ2n) is 6.75. The van der Waals surface area contributed by atoms with Crippen LogP contribution in [0, 0.1) is 6.92 Å². The Balaban J connectivity index is 1.91. The summed E-state index contributed by atoms with van der Waals surface area (Å²) in [6, 6.07) is 7.26. The number of imidazole rings is 1. The van der Waals surface area contributed by atoms with Crippen molar-refractivity contribution in [2.24, 2.45) is 5.73 Å². The molecule has 0 spiro atoms. The van der Waals surface area contributed by atoms with Crippen LogP contribution in [-0.2, 0) is 5.54 Å². The molecule has 2 aromatic rings. The van der Waals surface area contributed by atoms with Crippen molar-refractivity contribution < 1.29 is 0 Å². The third-order valence-corrected chi connectivity index (χ3v) is 4.95. The van der Waals surface area contributed by atoms with Crippen molar-refractivity contribution >= 4 is 11.0 Å². The van der Waals surface area contributed by atoms with Gasteiger partial charge in [0.1, 0.15) is 5.82 Å². The Kier molecular flexibility index (Phi) is 2.68. The van der Waals surface area contributed by atoms with Crippen LogP contribution in [0.15, 0.2) is 18.2 Å². The summed E-state index contributed by atoms with van der Waals surface area (Å²) >= 11 is 0. The van der Waals surface area contributed by atoms with Crippen LogP contribution >= 0.6 is 0 Å². The number of nitrogens with two attached hydrogens (primary N) is 1. The minimum Gasteiger partial charge on any atom is -0.323 e. The predicted molar refractivity (Wildman–Crippen MR) is 81.7 cm³/mol. The number of hydrogen-bond donors (Lipinski definition) is 1. The zero-order valence-electron chi connectivity index (χ0n) is 12.2. The molecule has 0 bridgehead atoms. The average molecular weight is 269 g/mol. The molecule has 2 aliphatic carbocycles. The quantitative estimate of drug-likeness (QED) is 0.901. The molecule has 0 radical (unpaired) electrons. The van der Waals surface area contributed by atoms with E-state index in [-0.39, 0.29) is 5.54 Å². The number of rotatable bonds is 2. The molecule has 0 aliphatic heterocycles. The van der Waals surface area contributed by atoms with Gasteiger partial charge in [-0.3, -0.25) is 0 Å². The lowest BCUT2D eigenvalue weighted by Gasteiger charge is -2.33. The van der Waals surface area contributed by atoms with E-state index >= 15 is 0 Å². The molecule has 20 heavy (non-hydrogen) atoms. The molecule has 4 rings (SSSR count). The summed E-state index contributed by atoms with van der Waals surface area (Å²) in [6.07, 6.45) is 8.53. The van der Waals surface area contributed by atoms with Gasteiger partial charge in [-0.15, -0.1) is 0 Å². The third-order valence-electron chi connectivity index (χ3n) is 4.95. The fourth-order valence-corrected chi connectivity index (χ4v) is 3.67. The number of benzene rings is 1. The fraction of sp³-hybridized carbons (Fsp3) is 0.588. The van der Waals surface area contributed by atoms with E-state index in [1.807, 2.05) is 0 Å². The molecule has 0 atom stereocenters. The Hall–Kier alpha value is -1.35. The lowest BCUT2D eigenvalue weighted by molar-refractivity contribution is 0.279. The van der Waals surface area contributed by atoms with E-state index in [2.05, 4.69) is 29.7 Å². The topological polar surface area (TPSA) is 43.8 Å². The molecule has 2 aliphatic rings. The SMILES string of the molecule is Cc1ccc2c(c1)nc(C1(N)CCCCC1)n2C1CC1. The van der Waals surface area contributed by atoms with Crippen LogP contribution in [0.4, 0.5) is 0 Å². The summed E-state index contributed by atoms with van der Waals surface area (Å²) in [5.41, 5.74) is 10.2. The molecule has 0 saturated heterocycles. The van der Waals surface area contributed by atoms with Crippen LogP contribution in [0.2, 0.25) is 0 Å². The van der Waals surface area contributed by atoms with Gasteiger partial charge in [0, 0.05) is 6.04 Å². The van der Waals surface area contributed by atoms with E-state index in [0.717, 1.165) is 24.2 Å². The van der Waals surface area contributed by atoms with Crippen molar-refractivity contribution in [1.29, 1.82) is 0 Å². The van der Waals surface area contributed by atoms with E-state index in [0.29, 0.717) is 6.04 Å². The van der Waals surface area contributed by atoms with E-state index in [4.69, 9.17) is 10.7 Å². The van der Waals surface area contributed by atoms with Gasteiger partial charge in [-0.1, -0.05) is 25.3 Å². The van der Waals surface area contributed by atoms with Crippen LogP contribution in [-0.4, -0.2) is 9.55 Å². The Morgan fingerprint density at radius 3 is 2.65 bits per heavy atom. The molecule has 106 valence electrons. The number of aromatic nitrogens is 2. The van der Waals surface area contributed by atoms with Gasteiger partial charge in [-0.25, -0.2) is 4.98 Å². The smallest absolute Gasteiger partial charge is 0.130 e. The maximum atomic E-state index is 6.77. The third kappa shape index (κ3) is 1.87. The van der Waals surface area contributed by atoms with Crippen LogP contribution in [0.5, 0.6) is 0 Å². The highest BCUT2D eigenvalue weighted by atomic mass is 15.2. The molecule has 1 heterocycles. The first-order valence-corrected chi connectivity index (χ1v) is 7.95. The second kappa shape index (κ2) is 4.32. The summed E-state index contributed by atoms with van der Waals surface area (Å²) in [7, 11) is 0. The Morgan fingerprint density at radius 2 is 1.95 bits per heavy atom. The highest BCUT2D eigenvalue weighted by Crippen LogP contribution is 2.43. The summed E-state index contributed by atoms with van der Waals surface area (Å²) in [5.74, 6) is 1.15. The van der Waals surface area contributed by atoms with Crippen LogP contribution in [0.1, 0.15) is 62.4 Å². The Morgan fingerprint density at radius 1 is 1.20 bits per heavy atom. The van der Waals surface area contributed by atoms with Gasteiger partial charge in [0.05, 0.1) is 16.6 Å². The zero-order chi connectivity index (χ0) is 13.7. The largest absolute Gasteiger partial charge is 0.323 e. The fourth-order valence-electron chi connectivity index (χ4n) is 3.67. The van der Waals surface area contributed by atoms with Gasteiger partial charge in [0.15, 0.2) is 0 Å².